The van der Waals surface area contributed by atoms with E-state index in [1.807, 2.05) is 0 Å². The van der Waals surface area contributed by atoms with Gasteiger partial charge in [-0.3, -0.25) is 4.79 Å². The Hall–Kier alpha value is -3.16. The molecule has 8 nitrogen and oxygen atoms in total. The number of methoxy groups -OCH3 is 2. The zero-order valence-corrected chi connectivity index (χ0v) is 11.7. The number of benzene rings is 1. The van der Waals surface area contributed by atoms with E-state index < -0.39 is 23.8 Å². The van der Waals surface area contributed by atoms with Gasteiger partial charge in [0.05, 0.1) is 31.3 Å². The number of amides is 1. The van der Waals surface area contributed by atoms with Crippen LogP contribution in [0.1, 0.15) is 20.7 Å². The SMILES string of the molecule is COC(=O)c1cc(NC(=O)C=CC(=O)[O-])cc(C(=O)OC)c1. The van der Waals surface area contributed by atoms with Gasteiger partial charge in [0.2, 0.25) is 5.91 Å². The Morgan fingerprint density at radius 1 is 0.955 bits per heavy atom. The van der Waals surface area contributed by atoms with E-state index >= 15 is 0 Å². The van der Waals surface area contributed by atoms with Crippen LogP contribution < -0.4 is 10.4 Å². The molecule has 116 valence electrons. The summed E-state index contributed by atoms with van der Waals surface area (Å²) >= 11 is 0. The van der Waals surface area contributed by atoms with Gasteiger partial charge in [-0.05, 0) is 24.3 Å². The number of carboxylic acid groups (broad SMARTS) is 1. The number of carboxylic acids is 1. The first-order chi connectivity index (χ1) is 10.4. The quantitative estimate of drug-likeness (QED) is 0.575. The highest BCUT2D eigenvalue weighted by molar-refractivity contribution is 6.04. The maximum Gasteiger partial charge on any atom is 0.337 e. The monoisotopic (exact) mass is 306 g/mol. The minimum absolute atomic E-state index is 0.0181. The summed E-state index contributed by atoms with van der Waals surface area (Å²) in [6.07, 6.45) is 1.28. The van der Waals surface area contributed by atoms with Crippen molar-refractivity contribution in [1.82, 2.24) is 0 Å². The number of rotatable bonds is 5. The molecule has 0 fully saturated rings. The van der Waals surface area contributed by atoms with E-state index in [1.165, 1.54) is 18.2 Å². The van der Waals surface area contributed by atoms with Crippen molar-refractivity contribution in [2.75, 3.05) is 19.5 Å². The fourth-order valence-electron chi connectivity index (χ4n) is 1.50. The van der Waals surface area contributed by atoms with E-state index in [1.54, 1.807) is 0 Å². The maximum absolute atomic E-state index is 11.5. The minimum atomic E-state index is -1.53. The van der Waals surface area contributed by atoms with Gasteiger partial charge >= 0.3 is 11.9 Å². The Kier molecular flexibility index (Phi) is 5.82. The van der Waals surface area contributed by atoms with Crippen LogP contribution in [0.4, 0.5) is 5.69 Å². The first-order valence-electron chi connectivity index (χ1n) is 5.89. The average Bonchev–Trinajstić information content (AvgIpc) is 2.50. The van der Waals surface area contributed by atoms with Gasteiger partial charge in [-0.15, -0.1) is 0 Å². The number of anilines is 1. The van der Waals surface area contributed by atoms with Crippen molar-refractivity contribution in [1.29, 1.82) is 0 Å². The van der Waals surface area contributed by atoms with Crippen LogP contribution in [0.5, 0.6) is 0 Å². The molecule has 8 heteroatoms. The summed E-state index contributed by atoms with van der Waals surface area (Å²) in [5, 5.41) is 12.5. The van der Waals surface area contributed by atoms with Crippen molar-refractivity contribution in [3.8, 4) is 0 Å². The summed E-state index contributed by atoms with van der Waals surface area (Å²) in [6.45, 7) is 0. The van der Waals surface area contributed by atoms with Gasteiger partial charge in [0.15, 0.2) is 0 Å². The van der Waals surface area contributed by atoms with Crippen LogP contribution in [0, 0.1) is 0 Å². The summed E-state index contributed by atoms with van der Waals surface area (Å²) in [5.74, 6) is -3.74. The standard InChI is InChI=1S/C14H13NO7/c1-21-13(19)8-5-9(14(20)22-2)7-10(6-8)15-11(16)3-4-12(17)18/h3-7H,1-2H3,(H,15,16)(H,17,18)/p-1. The van der Waals surface area contributed by atoms with Crippen molar-refractivity contribution in [2.24, 2.45) is 0 Å². The Labute approximate surface area is 125 Å². The highest BCUT2D eigenvalue weighted by atomic mass is 16.5. The van der Waals surface area contributed by atoms with Crippen LogP contribution >= 0.6 is 0 Å². The van der Waals surface area contributed by atoms with Crippen LogP contribution in [0.2, 0.25) is 0 Å². The van der Waals surface area contributed by atoms with Gasteiger partial charge in [0, 0.05) is 11.8 Å². The second kappa shape index (κ2) is 7.58. The van der Waals surface area contributed by atoms with Crippen LogP contribution in [-0.2, 0) is 19.1 Å². The number of carbonyl (C=O) groups excluding carboxylic acids is 4. The molecule has 1 rings (SSSR count). The molecule has 1 aromatic rings. The molecular formula is C14H12NO7-. The van der Waals surface area contributed by atoms with Crippen molar-refractivity contribution in [3.05, 3.63) is 41.5 Å². The molecule has 22 heavy (non-hydrogen) atoms. The number of carbonyl (C=O) groups is 4. The third kappa shape index (κ3) is 4.75. The molecule has 0 unspecified atom stereocenters. The van der Waals surface area contributed by atoms with Crippen LogP contribution in [0.3, 0.4) is 0 Å². The van der Waals surface area contributed by atoms with Gasteiger partial charge < -0.3 is 24.7 Å². The predicted octanol–water partition coefficient (Wildman–Crippen LogP) is -0.496. The third-order valence-electron chi connectivity index (χ3n) is 2.41. The molecule has 0 radical (unpaired) electrons. The van der Waals surface area contributed by atoms with Gasteiger partial charge in [0.25, 0.3) is 0 Å². The largest absolute Gasteiger partial charge is 0.545 e. The van der Waals surface area contributed by atoms with E-state index in [-0.39, 0.29) is 16.8 Å². The Bertz CT molecular complexity index is 614. The van der Waals surface area contributed by atoms with E-state index in [2.05, 4.69) is 14.8 Å². The summed E-state index contributed by atoms with van der Waals surface area (Å²) in [7, 11) is 2.32. The zero-order valence-electron chi connectivity index (χ0n) is 11.7. The van der Waals surface area contributed by atoms with Crippen molar-refractivity contribution < 1.29 is 33.8 Å². The topological polar surface area (TPSA) is 122 Å². The molecule has 0 atom stereocenters. The van der Waals surface area contributed by atoms with Gasteiger partial charge in [-0.25, -0.2) is 9.59 Å². The van der Waals surface area contributed by atoms with Gasteiger partial charge in [-0.1, -0.05) is 0 Å². The third-order valence-corrected chi connectivity index (χ3v) is 2.41. The second-order valence-electron chi connectivity index (χ2n) is 3.92. The number of aliphatic carboxylic acids is 1. The lowest BCUT2D eigenvalue weighted by atomic mass is 10.1. The van der Waals surface area contributed by atoms with Crippen molar-refractivity contribution >= 4 is 29.5 Å². The number of ether oxygens (including phenoxy) is 2. The lowest BCUT2D eigenvalue weighted by molar-refractivity contribution is -0.297. The zero-order chi connectivity index (χ0) is 16.7. The Balaban J connectivity index is 3.12. The van der Waals surface area contributed by atoms with Crippen LogP contribution in [0.25, 0.3) is 0 Å². The van der Waals surface area contributed by atoms with E-state index in [9.17, 15) is 24.3 Å². The van der Waals surface area contributed by atoms with Crippen molar-refractivity contribution in [3.63, 3.8) is 0 Å². The van der Waals surface area contributed by atoms with E-state index in [0.29, 0.717) is 6.08 Å². The fourth-order valence-corrected chi connectivity index (χ4v) is 1.50. The average molecular weight is 306 g/mol. The lowest BCUT2D eigenvalue weighted by Crippen LogP contribution is -2.20. The summed E-state index contributed by atoms with van der Waals surface area (Å²) in [5.41, 5.74) is 0.130. The first-order valence-corrected chi connectivity index (χ1v) is 5.89. The highest BCUT2D eigenvalue weighted by Gasteiger charge is 2.14. The molecule has 0 aliphatic heterocycles. The molecule has 0 saturated carbocycles. The Morgan fingerprint density at radius 3 is 1.86 bits per heavy atom. The second-order valence-corrected chi connectivity index (χ2v) is 3.92. The van der Waals surface area contributed by atoms with Crippen LogP contribution in [-0.4, -0.2) is 38.0 Å². The predicted molar refractivity (Wildman–Crippen MR) is 71.9 cm³/mol. The molecule has 0 heterocycles. The maximum atomic E-state index is 11.5. The number of nitrogens with one attached hydrogen (secondary N) is 1. The number of hydrogen-bond donors (Lipinski definition) is 1. The smallest absolute Gasteiger partial charge is 0.337 e. The summed E-state index contributed by atoms with van der Waals surface area (Å²) in [4.78, 5) is 44.8. The van der Waals surface area contributed by atoms with E-state index in [4.69, 9.17) is 0 Å². The summed E-state index contributed by atoms with van der Waals surface area (Å²) < 4.78 is 9.08. The molecule has 0 aliphatic rings. The Morgan fingerprint density at radius 2 is 1.45 bits per heavy atom. The molecule has 1 N–H and O–H groups in total. The first kappa shape index (κ1) is 16.9. The number of esters is 2. The minimum Gasteiger partial charge on any atom is -0.545 e. The molecule has 0 saturated heterocycles. The molecule has 0 aromatic heterocycles. The molecule has 1 aromatic carbocycles. The fraction of sp³-hybridized carbons (Fsp3) is 0.143. The molecule has 0 spiro atoms. The summed E-state index contributed by atoms with van der Waals surface area (Å²) in [6, 6.07) is 3.77. The van der Waals surface area contributed by atoms with Gasteiger partial charge in [-0.2, -0.15) is 0 Å². The molecule has 1 amide bonds. The van der Waals surface area contributed by atoms with Crippen LogP contribution in [0.15, 0.2) is 30.4 Å². The highest BCUT2D eigenvalue weighted by Crippen LogP contribution is 2.17. The molecule has 0 bridgehead atoms. The van der Waals surface area contributed by atoms with E-state index in [0.717, 1.165) is 20.3 Å². The van der Waals surface area contributed by atoms with Gasteiger partial charge in [0.1, 0.15) is 0 Å². The lowest BCUT2D eigenvalue weighted by Gasteiger charge is -2.08. The normalized spacial score (nSPS) is 10.1. The molecule has 0 aliphatic carbocycles. The molecular weight excluding hydrogens is 294 g/mol. The van der Waals surface area contributed by atoms with Crippen molar-refractivity contribution in [2.45, 2.75) is 0 Å². The number of hydrogen-bond acceptors (Lipinski definition) is 7.